The van der Waals surface area contributed by atoms with E-state index in [1.807, 2.05) is 30.3 Å². The van der Waals surface area contributed by atoms with Crippen molar-refractivity contribution in [3.63, 3.8) is 0 Å². The first-order chi connectivity index (χ1) is 8.97. The Morgan fingerprint density at radius 2 is 1.89 bits per heavy atom. The van der Waals surface area contributed by atoms with Crippen LogP contribution in [0.3, 0.4) is 0 Å². The Bertz CT molecular complexity index is 435. The molecule has 0 fully saturated rings. The van der Waals surface area contributed by atoms with Crippen LogP contribution in [0.4, 0.5) is 5.69 Å². The fourth-order valence-electron chi connectivity index (χ4n) is 1.49. The maximum absolute atomic E-state index is 11.6. The lowest BCUT2D eigenvalue weighted by atomic mass is 10.2. The minimum atomic E-state index is -4.03. The van der Waals surface area contributed by atoms with Crippen LogP contribution in [0.5, 0.6) is 0 Å². The summed E-state index contributed by atoms with van der Waals surface area (Å²) < 4.78 is 4.45. The van der Waals surface area contributed by atoms with Crippen LogP contribution in [-0.2, 0) is 21.1 Å². The molecule has 0 bridgehead atoms. The Morgan fingerprint density at radius 1 is 1.21 bits per heavy atom. The van der Waals surface area contributed by atoms with Gasteiger partial charge in [0.25, 0.3) is 0 Å². The quantitative estimate of drug-likeness (QED) is 0.575. The SMILES string of the molecule is O=C(CCCCCOP([O-])([O-])=S)Nc1ccccc1. The number of amides is 1. The summed E-state index contributed by atoms with van der Waals surface area (Å²) in [6.07, 6.45) is 2.37. The molecule has 0 heterocycles. The van der Waals surface area contributed by atoms with Crippen LogP contribution in [0, 0.1) is 0 Å². The van der Waals surface area contributed by atoms with Crippen molar-refractivity contribution < 1.29 is 19.1 Å². The van der Waals surface area contributed by atoms with Crippen molar-refractivity contribution in [2.75, 3.05) is 11.9 Å². The molecule has 0 aliphatic carbocycles. The van der Waals surface area contributed by atoms with E-state index in [0.29, 0.717) is 19.3 Å². The average Bonchev–Trinajstić information content (AvgIpc) is 2.33. The highest BCUT2D eigenvalue weighted by Crippen LogP contribution is 2.25. The fourth-order valence-corrected chi connectivity index (χ4v) is 2.06. The van der Waals surface area contributed by atoms with E-state index in [4.69, 9.17) is 0 Å². The molecule has 0 saturated heterocycles. The van der Waals surface area contributed by atoms with Gasteiger partial charge in [0.1, 0.15) is 0 Å². The van der Waals surface area contributed by atoms with E-state index in [-0.39, 0.29) is 12.5 Å². The summed E-state index contributed by atoms with van der Waals surface area (Å²) in [7, 11) is 0. The molecule has 0 radical (unpaired) electrons. The van der Waals surface area contributed by atoms with Crippen molar-refractivity contribution in [1.82, 2.24) is 0 Å². The standard InChI is InChI=1S/C12H18NO4PS/c14-12(13-11-7-3-1-4-8-11)9-5-2-6-10-17-18(15,16)19/h1,3-4,7-8H,2,5-6,9-10H2,(H,13,14)(H2,15,16,19)/p-2. The van der Waals surface area contributed by atoms with Crippen molar-refractivity contribution in [1.29, 1.82) is 0 Å². The fraction of sp³-hybridized carbons (Fsp3) is 0.417. The molecule has 1 amide bonds. The lowest BCUT2D eigenvalue weighted by Crippen LogP contribution is -2.16. The molecule has 0 saturated carbocycles. The lowest BCUT2D eigenvalue weighted by Gasteiger charge is -2.34. The van der Waals surface area contributed by atoms with Gasteiger partial charge in [-0.3, -0.25) is 4.79 Å². The van der Waals surface area contributed by atoms with Gasteiger partial charge in [0, 0.05) is 18.7 Å². The van der Waals surface area contributed by atoms with Crippen LogP contribution in [0.25, 0.3) is 0 Å². The second-order valence-corrected chi connectivity index (χ2v) is 6.50. The number of hydrogen-bond donors (Lipinski definition) is 1. The highest BCUT2D eigenvalue weighted by Gasteiger charge is 2.01. The normalized spacial score (nSPS) is 11.3. The molecule has 0 unspecified atom stereocenters. The third-order valence-electron chi connectivity index (χ3n) is 2.36. The first kappa shape index (κ1) is 16.3. The molecule has 106 valence electrons. The monoisotopic (exact) mass is 301 g/mol. The second-order valence-electron chi connectivity index (χ2n) is 4.01. The molecule has 1 aromatic carbocycles. The third kappa shape index (κ3) is 8.86. The van der Waals surface area contributed by atoms with Crippen molar-refractivity contribution in [2.24, 2.45) is 0 Å². The second kappa shape index (κ2) is 8.40. The molecule has 1 rings (SSSR count). The van der Waals surface area contributed by atoms with Crippen LogP contribution < -0.4 is 15.1 Å². The first-order valence-corrected chi connectivity index (χ1v) is 8.54. The minimum Gasteiger partial charge on any atom is -0.812 e. The van der Waals surface area contributed by atoms with Gasteiger partial charge in [-0.1, -0.05) is 31.3 Å². The van der Waals surface area contributed by atoms with Crippen LogP contribution in [0.1, 0.15) is 25.7 Å². The summed E-state index contributed by atoms with van der Waals surface area (Å²) in [4.78, 5) is 32.6. The largest absolute Gasteiger partial charge is 0.812 e. The number of para-hydroxylation sites is 1. The van der Waals surface area contributed by atoms with Crippen LogP contribution in [-0.4, -0.2) is 12.5 Å². The van der Waals surface area contributed by atoms with Crippen LogP contribution in [0.15, 0.2) is 30.3 Å². The Kier molecular flexibility index (Phi) is 7.20. The smallest absolute Gasteiger partial charge is 0.224 e. The van der Waals surface area contributed by atoms with Crippen molar-refractivity contribution in [2.45, 2.75) is 25.7 Å². The van der Waals surface area contributed by atoms with Gasteiger partial charge < -0.3 is 19.6 Å². The van der Waals surface area contributed by atoms with Crippen molar-refractivity contribution in [3.05, 3.63) is 30.3 Å². The number of unbranched alkanes of at least 4 members (excludes halogenated alkanes) is 2. The highest BCUT2D eigenvalue weighted by atomic mass is 32.5. The topological polar surface area (TPSA) is 84.5 Å². The maximum Gasteiger partial charge on any atom is 0.224 e. The van der Waals surface area contributed by atoms with Gasteiger partial charge in [-0.05, 0) is 25.0 Å². The summed E-state index contributed by atoms with van der Waals surface area (Å²) >= 11 is 4.09. The minimum absolute atomic E-state index is 0.0510. The van der Waals surface area contributed by atoms with E-state index >= 15 is 0 Å². The average molecular weight is 301 g/mol. The Balaban J connectivity index is 2.07. The number of carbonyl (C=O) groups excluding carboxylic acids is 1. The number of carbonyl (C=O) groups is 1. The van der Waals surface area contributed by atoms with E-state index in [1.165, 1.54) is 0 Å². The molecule has 0 aliphatic heterocycles. The number of hydrogen-bond acceptors (Lipinski definition) is 5. The van der Waals surface area contributed by atoms with E-state index < -0.39 is 6.72 Å². The van der Waals surface area contributed by atoms with Gasteiger partial charge >= 0.3 is 0 Å². The van der Waals surface area contributed by atoms with Crippen molar-refractivity contribution >= 4 is 30.1 Å². The molecule has 1 N–H and O–H groups in total. The lowest BCUT2D eigenvalue weighted by molar-refractivity contribution is -0.321. The predicted octanol–water partition coefficient (Wildman–Crippen LogP) is 1.15. The number of benzene rings is 1. The van der Waals surface area contributed by atoms with Gasteiger partial charge in [-0.25, -0.2) is 0 Å². The van der Waals surface area contributed by atoms with Crippen LogP contribution in [0.2, 0.25) is 0 Å². The van der Waals surface area contributed by atoms with E-state index in [9.17, 15) is 14.6 Å². The molecule has 0 aliphatic rings. The molecule has 0 atom stereocenters. The predicted molar refractivity (Wildman–Crippen MR) is 73.8 cm³/mol. The highest BCUT2D eigenvalue weighted by molar-refractivity contribution is 8.05. The zero-order valence-electron chi connectivity index (χ0n) is 10.4. The van der Waals surface area contributed by atoms with Gasteiger partial charge in [-0.15, -0.1) is 11.8 Å². The maximum atomic E-state index is 11.6. The molecule has 19 heavy (non-hydrogen) atoms. The number of rotatable bonds is 8. The number of nitrogens with one attached hydrogen (secondary N) is 1. The van der Waals surface area contributed by atoms with E-state index in [2.05, 4.69) is 21.6 Å². The molecule has 1 aromatic rings. The third-order valence-corrected chi connectivity index (χ3v) is 3.17. The summed E-state index contributed by atoms with van der Waals surface area (Å²) in [6.45, 7) is -3.94. The summed E-state index contributed by atoms with van der Waals surface area (Å²) in [5.74, 6) is -0.0510. The number of anilines is 1. The van der Waals surface area contributed by atoms with Gasteiger partial charge in [0.15, 0.2) is 0 Å². The molecular formula is C12H16NO4PS-2. The summed E-state index contributed by atoms with van der Waals surface area (Å²) in [5.41, 5.74) is 0.772. The molecule has 5 nitrogen and oxygen atoms in total. The van der Waals surface area contributed by atoms with Gasteiger partial charge in [0.05, 0.1) is 0 Å². The van der Waals surface area contributed by atoms with E-state index in [0.717, 1.165) is 12.1 Å². The van der Waals surface area contributed by atoms with Gasteiger partial charge in [-0.2, -0.15) is 0 Å². The zero-order valence-corrected chi connectivity index (χ0v) is 12.1. The van der Waals surface area contributed by atoms with Crippen molar-refractivity contribution in [3.8, 4) is 0 Å². The zero-order chi connectivity index (χ0) is 14.1. The summed E-state index contributed by atoms with van der Waals surface area (Å²) in [6, 6.07) is 9.22. The van der Waals surface area contributed by atoms with Crippen LogP contribution >= 0.6 is 6.72 Å². The molecule has 7 heteroatoms. The summed E-state index contributed by atoms with van der Waals surface area (Å²) in [5, 5.41) is 2.78. The Hall–Kier alpha value is -0.780. The Morgan fingerprint density at radius 3 is 2.53 bits per heavy atom. The first-order valence-electron chi connectivity index (χ1n) is 5.99. The molecule has 0 spiro atoms. The van der Waals surface area contributed by atoms with E-state index in [1.54, 1.807) is 0 Å². The van der Waals surface area contributed by atoms with Gasteiger partial charge in [0.2, 0.25) is 5.91 Å². The molecule has 0 aromatic heterocycles. The molecular weight excluding hydrogens is 285 g/mol. The Labute approximate surface area is 117 Å².